The average Bonchev–Trinajstić information content (AvgIpc) is 2.86. The highest BCUT2D eigenvalue weighted by atomic mass is 33.1. The summed E-state index contributed by atoms with van der Waals surface area (Å²) in [6, 6.07) is 0. The molecule has 0 saturated carbocycles. The van der Waals surface area contributed by atoms with Gasteiger partial charge in [0.2, 0.25) is 0 Å². The van der Waals surface area contributed by atoms with Crippen molar-refractivity contribution in [2.24, 2.45) is 0 Å². The highest BCUT2D eigenvalue weighted by Crippen LogP contribution is 2.26. The zero-order valence-corrected chi connectivity index (χ0v) is 12.1. The Labute approximate surface area is 123 Å². The van der Waals surface area contributed by atoms with E-state index in [-0.39, 0.29) is 23.6 Å². The minimum atomic E-state index is -0.355. The lowest BCUT2D eigenvalue weighted by Gasteiger charge is -2.01. The second-order valence-corrected chi connectivity index (χ2v) is 6.82. The molecule has 2 heterocycles. The van der Waals surface area contributed by atoms with Gasteiger partial charge < -0.3 is 0 Å². The molecular weight excluding hydrogens is 300 g/mol. The normalized spacial score (nSPS) is 18.0. The quantitative estimate of drug-likeness (QED) is 0.399. The van der Waals surface area contributed by atoms with E-state index in [1.807, 2.05) is 0 Å². The first-order valence-electron chi connectivity index (χ1n) is 5.92. The van der Waals surface area contributed by atoms with Crippen molar-refractivity contribution in [3.63, 3.8) is 0 Å². The summed E-state index contributed by atoms with van der Waals surface area (Å²) in [4.78, 5) is 44.3. The predicted octanol–water partition coefficient (Wildman–Crippen LogP) is 0.314. The van der Waals surface area contributed by atoms with Gasteiger partial charge in [-0.05, 0) is 12.8 Å². The number of carbonyl (C=O) groups is 4. The molecule has 2 rings (SSSR count). The first-order chi connectivity index (χ1) is 9.56. The summed E-state index contributed by atoms with van der Waals surface area (Å²) in [6.45, 7) is 0. The lowest BCUT2D eigenvalue weighted by Crippen LogP contribution is -2.22. The van der Waals surface area contributed by atoms with Gasteiger partial charge in [-0.2, -0.15) is 0 Å². The van der Waals surface area contributed by atoms with Crippen molar-refractivity contribution < 1.29 is 19.2 Å². The maximum atomic E-state index is 11.2. The summed E-state index contributed by atoms with van der Waals surface area (Å²) >= 11 is 0. The van der Waals surface area contributed by atoms with Crippen molar-refractivity contribution in [3.05, 3.63) is 23.3 Å². The van der Waals surface area contributed by atoms with Crippen LogP contribution in [0.3, 0.4) is 0 Å². The second kappa shape index (κ2) is 6.76. The van der Waals surface area contributed by atoms with Crippen LogP contribution in [-0.2, 0) is 19.2 Å². The molecule has 0 aliphatic carbocycles. The smallest absolute Gasteiger partial charge is 0.254 e. The Balaban J connectivity index is 1.59. The summed E-state index contributed by atoms with van der Waals surface area (Å²) < 4.78 is 0. The third kappa shape index (κ3) is 3.97. The van der Waals surface area contributed by atoms with E-state index in [9.17, 15) is 19.2 Å². The summed E-state index contributed by atoms with van der Waals surface area (Å²) in [6.07, 6.45) is 3.73. The van der Waals surface area contributed by atoms with Crippen molar-refractivity contribution >= 4 is 45.2 Å². The van der Waals surface area contributed by atoms with Crippen LogP contribution < -0.4 is 10.6 Å². The molecule has 6 nitrogen and oxygen atoms in total. The Kier molecular flexibility index (Phi) is 5.02. The first-order valence-corrected chi connectivity index (χ1v) is 8.41. The zero-order chi connectivity index (χ0) is 14.5. The predicted molar refractivity (Wildman–Crippen MR) is 76.6 cm³/mol. The molecule has 0 bridgehead atoms. The van der Waals surface area contributed by atoms with Gasteiger partial charge >= 0.3 is 0 Å². The van der Waals surface area contributed by atoms with Crippen LogP contribution in [0.2, 0.25) is 0 Å². The molecule has 0 aromatic carbocycles. The van der Waals surface area contributed by atoms with Crippen molar-refractivity contribution in [2.75, 3.05) is 11.5 Å². The van der Waals surface area contributed by atoms with E-state index in [0.29, 0.717) is 35.5 Å². The van der Waals surface area contributed by atoms with E-state index in [1.54, 1.807) is 21.6 Å². The Morgan fingerprint density at radius 2 is 1.15 bits per heavy atom. The fourth-order valence-electron chi connectivity index (χ4n) is 1.70. The Morgan fingerprint density at radius 1 is 0.750 bits per heavy atom. The molecular formula is C12H12N2O4S2. The first kappa shape index (κ1) is 14.9. The molecule has 0 unspecified atom stereocenters. The maximum Gasteiger partial charge on any atom is 0.254 e. The van der Waals surface area contributed by atoms with Gasteiger partial charge in [0.15, 0.2) is 0 Å². The number of rotatable bonds is 7. The highest BCUT2D eigenvalue weighted by molar-refractivity contribution is 8.76. The van der Waals surface area contributed by atoms with E-state index in [1.165, 1.54) is 12.2 Å². The fourth-order valence-corrected chi connectivity index (χ4v) is 3.75. The van der Waals surface area contributed by atoms with Crippen LogP contribution in [0.1, 0.15) is 12.8 Å². The molecule has 0 fully saturated rings. The van der Waals surface area contributed by atoms with Crippen LogP contribution in [0, 0.1) is 0 Å². The van der Waals surface area contributed by atoms with Crippen molar-refractivity contribution in [3.8, 4) is 0 Å². The minimum absolute atomic E-state index is 0.313. The molecule has 0 spiro atoms. The van der Waals surface area contributed by atoms with Crippen LogP contribution in [0.5, 0.6) is 0 Å². The molecule has 0 atom stereocenters. The van der Waals surface area contributed by atoms with Gasteiger partial charge in [0.25, 0.3) is 23.6 Å². The lowest BCUT2D eigenvalue weighted by atomic mass is 10.2. The average molecular weight is 312 g/mol. The van der Waals surface area contributed by atoms with Crippen molar-refractivity contribution in [1.82, 2.24) is 10.6 Å². The third-order valence-corrected chi connectivity index (χ3v) is 5.07. The van der Waals surface area contributed by atoms with Crippen LogP contribution >= 0.6 is 21.6 Å². The highest BCUT2D eigenvalue weighted by Gasteiger charge is 2.21. The number of imide groups is 2. The van der Waals surface area contributed by atoms with E-state index in [2.05, 4.69) is 10.6 Å². The minimum Gasteiger partial charge on any atom is -0.289 e. The monoisotopic (exact) mass is 312 g/mol. The van der Waals surface area contributed by atoms with E-state index in [4.69, 9.17) is 0 Å². The number of nitrogens with one attached hydrogen (secondary N) is 2. The van der Waals surface area contributed by atoms with Crippen molar-refractivity contribution in [1.29, 1.82) is 0 Å². The molecule has 2 aliphatic rings. The largest absolute Gasteiger partial charge is 0.289 e. The Hall–Kier alpha value is -1.54. The summed E-state index contributed by atoms with van der Waals surface area (Å²) in [5.41, 5.74) is 1.01. The van der Waals surface area contributed by atoms with Crippen LogP contribution in [-0.4, -0.2) is 35.1 Å². The van der Waals surface area contributed by atoms with Crippen LogP contribution in [0.4, 0.5) is 0 Å². The fraction of sp³-hybridized carbons (Fsp3) is 0.333. The van der Waals surface area contributed by atoms with Gasteiger partial charge in [-0.25, -0.2) is 0 Å². The number of hydrogen-bond acceptors (Lipinski definition) is 6. The molecule has 0 radical (unpaired) electrons. The van der Waals surface area contributed by atoms with Gasteiger partial charge in [-0.15, -0.1) is 0 Å². The topological polar surface area (TPSA) is 92.3 Å². The SMILES string of the molecule is O=C1C=C(CCSSCCC2=CC(=O)NC2=O)C(=O)N1. The molecule has 0 aromatic rings. The summed E-state index contributed by atoms with van der Waals surface area (Å²) in [5, 5.41) is 4.39. The number of amides is 4. The second-order valence-electron chi connectivity index (χ2n) is 4.12. The lowest BCUT2D eigenvalue weighted by molar-refractivity contribution is -0.125. The molecule has 2 N–H and O–H groups in total. The molecule has 20 heavy (non-hydrogen) atoms. The van der Waals surface area contributed by atoms with E-state index < -0.39 is 0 Å². The third-order valence-electron chi connectivity index (χ3n) is 2.66. The van der Waals surface area contributed by atoms with Crippen LogP contribution in [0.15, 0.2) is 23.3 Å². The molecule has 0 saturated heterocycles. The summed E-state index contributed by atoms with van der Waals surface area (Å²) in [5.74, 6) is 0.0831. The number of carbonyl (C=O) groups excluding carboxylic acids is 4. The van der Waals surface area contributed by atoms with Crippen LogP contribution in [0.25, 0.3) is 0 Å². The maximum absolute atomic E-state index is 11.2. The molecule has 2 aliphatic heterocycles. The Morgan fingerprint density at radius 3 is 1.45 bits per heavy atom. The van der Waals surface area contributed by atoms with Gasteiger partial charge in [-0.3, -0.25) is 29.8 Å². The standard InChI is InChI=1S/C12H12N2O4S2/c15-9-5-7(11(17)13-9)1-3-19-20-4-2-8-6-10(16)14-12(8)18/h5-6H,1-4H2,(H,13,15,17)(H,14,16,18). The summed E-state index contributed by atoms with van der Waals surface area (Å²) in [7, 11) is 3.14. The van der Waals surface area contributed by atoms with Gasteiger partial charge in [0.05, 0.1) is 0 Å². The molecule has 4 amide bonds. The van der Waals surface area contributed by atoms with Gasteiger partial charge in [0.1, 0.15) is 0 Å². The molecule has 8 heteroatoms. The van der Waals surface area contributed by atoms with Crippen molar-refractivity contribution in [2.45, 2.75) is 12.8 Å². The zero-order valence-electron chi connectivity index (χ0n) is 10.4. The van der Waals surface area contributed by atoms with Gasteiger partial charge in [-0.1, -0.05) is 21.6 Å². The molecule has 106 valence electrons. The number of hydrogen-bond donors (Lipinski definition) is 2. The Bertz CT molecular complexity index is 492. The molecule has 0 aromatic heterocycles. The van der Waals surface area contributed by atoms with Gasteiger partial charge in [0, 0.05) is 34.8 Å². The van der Waals surface area contributed by atoms with E-state index in [0.717, 1.165) is 0 Å². The van der Waals surface area contributed by atoms with E-state index >= 15 is 0 Å².